The Kier molecular flexibility index (Phi) is 4.91. The van der Waals surface area contributed by atoms with Crippen LogP contribution in [0.3, 0.4) is 0 Å². The number of carbonyl (C=O) groups is 1. The Morgan fingerprint density at radius 1 is 1.18 bits per heavy atom. The number of anilines is 2. The number of amides is 1. The van der Waals surface area contributed by atoms with Crippen LogP contribution < -0.4 is 9.62 Å². The highest BCUT2D eigenvalue weighted by Gasteiger charge is 2.27. The molecule has 2 heterocycles. The van der Waals surface area contributed by atoms with Crippen LogP contribution in [-0.2, 0) is 16.4 Å². The molecule has 28 heavy (non-hydrogen) atoms. The van der Waals surface area contributed by atoms with Gasteiger partial charge in [0.1, 0.15) is 0 Å². The second-order valence-corrected chi connectivity index (χ2v) is 9.58. The molecule has 1 N–H and O–H groups in total. The van der Waals surface area contributed by atoms with E-state index < -0.39 is 10.0 Å². The maximum atomic E-state index is 12.8. The van der Waals surface area contributed by atoms with E-state index in [1.807, 2.05) is 11.4 Å². The maximum Gasteiger partial charge on any atom is 0.268 e. The second kappa shape index (κ2) is 7.24. The lowest BCUT2D eigenvalue weighted by Gasteiger charge is -2.17. The fourth-order valence-electron chi connectivity index (χ4n) is 3.28. The lowest BCUT2D eigenvalue weighted by atomic mass is 10.1. The van der Waals surface area contributed by atoms with Gasteiger partial charge >= 0.3 is 0 Å². The first kappa shape index (κ1) is 19.0. The minimum absolute atomic E-state index is 0.0309. The van der Waals surface area contributed by atoms with Crippen LogP contribution in [0.25, 0.3) is 0 Å². The molecule has 144 valence electrons. The molecule has 0 radical (unpaired) electrons. The van der Waals surface area contributed by atoms with Gasteiger partial charge in [-0.1, -0.05) is 23.7 Å². The smallest absolute Gasteiger partial charge is 0.268 e. The number of hydrogen-bond acceptors (Lipinski definition) is 4. The number of aryl methyl sites for hydroxylation is 1. The Balaban J connectivity index is 1.60. The molecule has 0 atom stereocenters. The molecule has 5 nitrogen and oxygen atoms in total. The molecule has 0 fully saturated rings. The normalized spacial score (nSPS) is 13.4. The number of hydrogen-bond donors (Lipinski definition) is 1. The molecule has 2 aromatic carbocycles. The van der Waals surface area contributed by atoms with E-state index in [1.165, 1.54) is 17.4 Å². The van der Waals surface area contributed by atoms with Crippen LogP contribution in [0.4, 0.5) is 11.4 Å². The van der Waals surface area contributed by atoms with Gasteiger partial charge in [-0.3, -0.25) is 9.52 Å². The van der Waals surface area contributed by atoms with Gasteiger partial charge in [-0.05, 0) is 66.2 Å². The number of sulfonamides is 1. The van der Waals surface area contributed by atoms with Crippen molar-refractivity contribution >= 4 is 50.2 Å². The minimum atomic E-state index is -3.76. The molecule has 1 aliphatic rings. The summed E-state index contributed by atoms with van der Waals surface area (Å²) in [6, 6.07) is 13.7. The van der Waals surface area contributed by atoms with E-state index in [0.717, 1.165) is 11.3 Å². The summed E-state index contributed by atoms with van der Waals surface area (Å²) in [6.45, 7) is 2.30. The Labute approximate surface area is 172 Å². The van der Waals surface area contributed by atoms with Crippen molar-refractivity contribution in [3.05, 3.63) is 74.9 Å². The molecule has 0 saturated heterocycles. The Morgan fingerprint density at radius 3 is 2.75 bits per heavy atom. The predicted octanol–water partition coefficient (Wildman–Crippen LogP) is 4.71. The number of nitrogens with one attached hydrogen (secondary N) is 1. The molecule has 8 heteroatoms. The maximum absolute atomic E-state index is 12.8. The molecule has 1 aromatic heterocycles. The molecule has 1 aliphatic heterocycles. The van der Waals surface area contributed by atoms with Crippen molar-refractivity contribution < 1.29 is 13.2 Å². The number of rotatable bonds is 4. The highest BCUT2D eigenvalue weighted by molar-refractivity contribution is 7.92. The SMILES string of the molecule is Cc1ccc(Cl)cc1S(=O)(=O)Nc1ccc2c(c1)CCN2C(=O)c1cccs1. The van der Waals surface area contributed by atoms with E-state index in [-0.39, 0.29) is 10.8 Å². The summed E-state index contributed by atoms with van der Waals surface area (Å²) < 4.78 is 28.2. The highest BCUT2D eigenvalue weighted by Crippen LogP contribution is 2.33. The number of thiophene rings is 1. The molecular weight excluding hydrogens is 416 g/mol. The van der Waals surface area contributed by atoms with Gasteiger partial charge in [0, 0.05) is 22.9 Å². The summed E-state index contributed by atoms with van der Waals surface area (Å²) in [5, 5.41) is 2.24. The standard InChI is InChI=1S/C20H17ClN2O3S2/c1-13-4-5-15(21)12-19(13)28(25,26)22-16-6-7-17-14(11-16)8-9-23(17)20(24)18-3-2-10-27-18/h2-7,10-12,22H,8-9H2,1H3. The summed E-state index contributed by atoms with van der Waals surface area (Å²) in [5.41, 5.74) is 2.84. The van der Waals surface area contributed by atoms with E-state index in [9.17, 15) is 13.2 Å². The van der Waals surface area contributed by atoms with Crippen LogP contribution in [-0.4, -0.2) is 20.9 Å². The van der Waals surface area contributed by atoms with Crippen LogP contribution >= 0.6 is 22.9 Å². The Hall–Kier alpha value is -2.35. The van der Waals surface area contributed by atoms with Crippen molar-refractivity contribution in [3.8, 4) is 0 Å². The molecule has 0 aliphatic carbocycles. The number of halogens is 1. The lowest BCUT2D eigenvalue weighted by Crippen LogP contribution is -2.28. The summed E-state index contributed by atoms with van der Waals surface area (Å²) >= 11 is 7.37. The van der Waals surface area contributed by atoms with E-state index in [4.69, 9.17) is 11.6 Å². The van der Waals surface area contributed by atoms with Crippen LogP contribution in [0.5, 0.6) is 0 Å². The van der Waals surface area contributed by atoms with Crippen molar-refractivity contribution in [1.82, 2.24) is 0 Å². The van der Waals surface area contributed by atoms with Gasteiger partial charge in [-0.25, -0.2) is 8.42 Å². The molecule has 4 rings (SSSR count). The van der Waals surface area contributed by atoms with E-state index in [1.54, 1.807) is 48.2 Å². The van der Waals surface area contributed by atoms with Crippen molar-refractivity contribution in [2.45, 2.75) is 18.2 Å². The average molecular weight is 433 g/mol. The molecule has 0 unspecified atom stereocenters. The van der Waals surface area contributed by atoms with Crippen LogP contribution in [0, 0.1) is 6.92 Å². The molecule has 0 saturated carbocycles. The predicted molar refractivity (Wildman–Crippen MR) is 113 cm³/mol. The third-order valence-corrected chi connectivity index (χ3v) is 7.26. The lowest BCUT2D eigenvalue weighted by molar-refractivity contribution is 0.0993. The summed E-state index contributed by atoms with van der Waals surface area (Å²) in [4.78, 5) is 15.2. The molecule has 0 bridgehead atoms. The molecule has 1 amide bonds. The fourth-order valence-corrected chi connectivity index (χ4v) is 5.51. The monoisotopic (exact) mass is 432 g/mol. The summed E-state index contributed by atoms with van der Waals surface area (Å²) in [7, 11) is -3.76. The Morgan fingerprint density at radius 2 is 2.00 bits per heavy atom. The van der Waals surface area contributed by atoms with E-state index in [2.05, 4.69) is 4.72 Å². The van der Waals surface area contributed by atoms with Gasteiger partial charge in [-0.2, -0.15) is 0 Å². The van der Waals surface area contributed by atoms with Crippen molar-refractivity contribution in [3.63, 3.8) is 0 Å². The van der Waals surface area contributed by atoms with Gasteiger partial charge in [-0.15, -0.1) is 11.3 Å². The zero-order valence-electron chi connectivity index (χ0n) is 15.0. The largest absolute Gasteiger partial charge is 0.307 e. The van der Waals surface area contributed by atoms with Crippen molar-refractivity contribution in [2.24, 2.45) is 0 Å². The summed E-state index contributed by atoms with van der Waals surface area (Å²) in [5.74, 6) is -0.0309. The van der Waals surface area contributed by atoms with Crippen LogP contribution in [0.15, 0.2) is 58.8 Å². The number of carbonyl (C=O) groups excluding carboxylic acids is 1. The van der Waals surface area contributed by atoms with Crippen molar-refractivity contribution in [1.29, 1.82) is 0 Å². The fraction of sp³-hybridized carbons (Fsp3) is 0.150. The first-order valence-electron chi connectivity index (χ1n) is 8.62. The van der Waals surface area contributed by atoms with Crippen LogP contribution in [0.2, 0.25) is 5.02 Å². The van der Waals surface area contributed by atoms with Gasteiger partial charge < -0.3 is 4.90 Å². The second-order valence-electron chi connectivity index (χ2n) is 6.54. The van der Waals surface area contributed by atoms with Gasteiger partial charge in [0.15, 0.2) is 0 Å². The van der Waals surface area contributed by atoms with Gasteiger partial charge in [0.25, 0.3) is 15.9 Å². The summed E-state index contributed by atoms with van der Waals surface area (Å²) in [6.07, 6.45) is 0.679. The van der Waals surface area contributed by atoms with E-state index in [0.29, 0.717) is 34.1 Å². The van der Waals surface area contributed by atoms with Crippen LogP contribution in [0.1, 0.15) is 20.8 Å². The first-order chi connectivity index (χ1) is 13.3. The zero-order valence-corrected chi connectivity index (χ0v) is 17.4. The Bertz CT molecular complexity index is 1160. The molecule has 0 spiro atoms. The molecular formula is C20H17ClN2O3S2. The highest BCUT2D eigenvalue weighted by atomic mass is 35.5. The number of benzene rings is 2. The average Bonchev–Trinajstić information content (AvgIpc) is 3.32. The topological polar surface area (TPSA) is 66.5 Å². The van der Waals surface area contributed by atoms with Gasteiger partial charge in [0.05, 0.1) is 9.77 Å². The van der Waals surface area contributed by atoms with Gasteiger partial charge in [0.2, 0.25) is 0 Å². The minimum Gasteiger partial charge on any atom is -0.307 e. The zero-order chi connectivity index (χ0) is 19.9. The van der Waals surface area contributed by atoms with Crippen molar-refractivity contribution in [2.75, 3.05) is 16.2 Å². The number of fused-ring (bicyclic) bond motifs is 1. The third kappa shape index (κ3) is 3.53. The molecule has 3 aromatic rings. The first-order valence-corrected chi connectivity index (χ1v) is 11.4. The third-order valence-electron chi connectivity index (χ3n) is 4.64. The number of nitrogens with zero attached hydrogens (tertiary/aromatic N) is 1. The quantitative estimate of drug-likeness (QED) is 0.649. The van der Waals surface area contributed by atoms with E-state index >= 15 is 0 Å².